The minimum absolute atomic E-state index is 0.399. The van der Waals surface area contributed by atoms with Gasteiger partial charge >= 0.3 is 0 Å². The smallest absolute Gasteiger partial charge is 0.193 e. The Bertz CT molecular complexity index is 681. The van der Waals surface area contributed by atoms with Gasteiger partial charge in [-0.3, -0.25) is 9.97 Å². The van der Waals surface area contributed by atoms with Crippen LogP contribution in [0.15, 0.2) is 47.1 Å². The van der Waals surface area contributed by atoms with Crippen molar-refractivity contribution in [3.05, 3.63) is 53.7 Å². The van der Waals surface area contributed by atoms with E-state index >= 15 is 0 Å². The van der Waals surface area contributed by atoms with Crippen molar-refractivity contribution in [2.75, 3.05) is 5.32 Å². The first-order valence-electron chi connectivity index (χ1n) is 5.50. The summed E-state index contributed by atoms with van der Waals surface area (Å²) in [5.41, 5.74) is 2.71. The Labute approximate surface area is 109 Å². The Kier molecular flexibility index (Phi) is 2.86. The van der Waals surface area contributed by atoms with Crippen LogP contribution in [0.5, 0.6) is 0 Å². The molecule has 0 unspecified atom stereocenters. The molecule has 3 rings (SSSR count). The van der Waals surface area contributed by atoms with E-state index in [0.717, 1.165) is 22.5 Å². The van der Waals surface area contributed by atoms with E-state index in [-0.39, 0.29) is 0 Å². The highest BCUT2D eigenvalue weighted by molar-refractivity contribution is 6.28. The molecule has 0 saturated carbocycles. The Morgan fingerprint density at radius 2 is 1.89 bits per heavy atom. The third-order valence-corrected chi connectivity index (χ3v) is 2.77. The Morgan fingerprint density at radius 1 is 1.06 bits per heavy atom. The molecule has 0 atom stereocenters. The maximum Gasteiger partial charge on any atom is 0.193 e. The summed E-state index contributed by atoms with van der Waals surface area (Å²) in [6.07, 6.45) is 3.36. The van der Waals surface area contributed by atoms with Crippen LogP contribution in [0.3, 0.4) is 0 Å². The number of furan rings is 1. The highest BCUT2D eigenvalue weighted by Gasteiger charge is 2.01. The summed E-state index contributed by atoms with van der Waals surface area (Å²) in [4.78, 5) is 8.47. The SMILES string of the molecule is Clc1ccc(CNc2ccc3nccnc3c2)o1. The van der Waals surface area contributed by atoms with Crippen LogP contribution in [0.25, 0.3) is 11.0 Å². The van der Waals surface area contributed by atoms with Gasteiger partial charge in [-0.2, -0.15) is 0 Å². The molecule has 5 heteroatoms. The Morgan fingerprint density at radius 3 is 2.67 bits per heavy atom. The number of fused-ring (bicyclic) bond motifs is 1. The molecule has 90 valence electrons. The van der Waals surface area contributed by atoms with Crippen molar-refractivity contribution >= 4 is 28.3 Å². The molecule has 0 amide bonds. The van der Waals surface area contributed by atoms with Crippen molar-refractivity contribution in [2.24, 2.45) is 0 Å². The third-order valence-electron chi connectivity index (χ3n) is 2.56. The number of nitrogens with one attached hydrogen (secondary N) is 1. The van der Waals surface area contributed by atoms with Crippen molar-refractivity contribution in [3.8, 4) is 0 Å². The fourth-order valence-corrected chi connectivity index (χ4v) is 1.87. The number of hydrogen-bond acceptors (Lipinski definition) is 4. The number of halogens is 1. The molecule has 18 heavy (non-hydrogen) atoms. The van der Waals surface area contributed by atoms with E-state index in [0.29, 0.717) is 11.8 Å². The highest BCUT2D eigenvalue weighted by Crippen LogP contribution is 2.17. The van der Waals surface area contributed by atoms with E-state index in [1.54, 1.807) is 18.5 Å². The van der Waals surface area contributed by atoms with Gasteiger partial charge in [-0.25, -0.2) is 0 Å². The monoisotopic (exact) mass is 259 g/mol. The van der Waals surface area contributed by atoms with Gasteiger partial charge in [-0.1, -0.05) is 0 Å². The van der Waals surface area contributed by atoms with Crippen LogP contribution in [0.4, 0.5) is 5.69 Å². The molecule has 2 heterocycles. The number of benzene rings is 1. The van der Waals surface area contributed by atoms with Crippen LogP contribution in [0.2, 0.25) is 5.22 Å². The number of aromatic nitrogens is 2. The van der Waals surface area contributed by atoms with E-state index in [1.165, 1.54) is 0 Å². The lowest BCUT2D eigenvalue weighted by atomic mass is 10.2. The van der Waals surface area contributed by atoms with Gasteiger partial charge in [-0.05, 0) is 41.9 Å². The summed E-state index contributed by atoms with van der Waals surface area (Å²) >= 11 is 5.71. The predicted octanol–water partition coefficient (Wildman–Crippen LogP) is 3.49. The molecule has 1 N–H and O–H groups in total. The summed E-state index contributed by atoms with van der Waals surface area (Å²) in [6, 6.07) is 9.41. The van der Waals surface area contributed by atoms with Crippen LogP contribution in [0, 0.1) is 0 Å². The fourth-order valence-electron chi connectivity index (χ4n) is 1.71. The molecule has 2 aromatic heterocycles. The largest absolute Gasteiger partial charge is 0.448 e. The molecule has 4 nitrogen and oxygen atoms in total. The number of anilines is 1. The maximum absolute atomic E-state index is 5.71. The van der Waals surface area contributed by atoms with Gasteiger partial charge in [0.25, 0.3) is 0 Å². The summed E-state index contributed by atoms with van der Waals surface area (Å²) in [6.45, 7) is 0.582. The zero-order chi connectivity index (χ0) is 12.4. The average molecular weight is 260 g/mol. The first-order chi connectivity index (χ1) is 8.81. The summed E-state index contributed by atoms with van der Waals surface area (Å²) < 4.78 is 5.27. The molecule has 3 aromatic rings. The van der Waals surface area contributed by atoms with Crippen LogP contribution in [-0.2, 0) is 6.54 Å². The fraction of sp³-hybridized carbons (Fsp3) is 0.0769. The molecule has 0 fully saturated rings. The molecule has 0 radical (unpaired) electrons. The molecule has 1 aromatic carbocycles. The van der Waals surface area contributed by atoms with Gasteiger partial charge in [0, 0.05) is 18.1 Å². The Hall–Kier alpha value is -2.07. The van der Waals surface area contributed by atoms with E-state index in [4.69, 9.17) is 16.0 Å². The van der Waals surface area contributed by atoms with Crippen molar-refractivity contribution in [3.63, 3.8) is 0 Å². The van der Waals surface area contributed by atoms with Crippen LogP contribution < -0.4 is 5.32 Å². The van der Waals surface area contributed by atoms with E-state index in [9.17, 15) is 0 Å². The van der Waals surface area contributed by atoms with Gasteiger partial charge in [-0.15, -0.1) is 0 Å². The van der Waals surface area contributed by atoms with E-state index < -0.39 is 0 Å². The normalized spacial score (nSPS) is 10.7. The molecule has 0 spiro atoms. The van der Waals surface area contributed by atoms with Crippen molar-refractivity contribution in [1.29, 1.82) is 0 Å². The minimum atomic E-state index is 0.399. The molecule has 0 aliphatic heterocycles. The van der Waals surface area contributed by atoms with Gasteiger partial charge in [0.05, 0.1) is 17.6 Å². The first kappa shape index (κ1) is 11.0. The van der Waals surface area contributed by atoms with Gasteiger partial charge in [0.15, 0.2) is 5.22 Å². The van der Waals surface area contributed by atoms with E-state index in [2.05, 4.69) is 15.3 Å². The number of rotatable bonds is 3. The minimum Gasteiger partial charge on any atom is -0.448 e. The molecule has 0 aliphatic rings. The van der Waals surface area contributed by atoms with Gasteiger partial charge in [0.2, 0.25) is 0 Å². The van der Waals surface area contributed by atoms with Crippen LogP contribution in [-0.4, -0.2) is 9.97 Å². The zero-order valence-electron chi connectivity index (χ0n) is 9.43. The Balaban J connectivity index is 1.78. The summed E-state index contributed by atoms with van der Waals surface area (Å²) in [5, 5.41) is 3.65. The highest BCUT2D eigenvalue weighted by atomic mass is 35.5. The molecular weight excluding hydrogens is 250 g/mol. The second-order valence-electron chi connectivity index (χ2n) is 3.82. The number of nitrogens with zero attached hydrogens (tertiary/aromatic N) is 2. The second-order valence-corrected chi connectivity index (χ2v) is 4.19. The van der Waals surface area contributed by atoms with Crippen molar-refractivity contribution in [1.82, 2.24) is 9.97 Å². The third kappa shape index (κ3) is 2.28. The standard InChI is InChI=1S/C13H10ClN3O/c14-13-4-2-10(18-13)8-17-9-1-3-11-12(7-9)16-6-5-15-11/h1-7,17H,8H2. The summed E-state index contributed by atoms with van der Waals surface area (Å²) in [5.74, 6) is 0.791. The predicted molar refractivity (Wildman–Crippen MR) is 70.6 cm³/mol. The second kappa shape index (κ2) is 4.66. The van der Waals surface area contributed by atoms with Gasteiger partial charge in [0.1, 0.15) is 5.76 Å². The first-order valence-corrected chi connectivity index (χ1v) is 5.88. The quantitative estimate of drug-likeness (QED) is 0.782. The lowest BCUT2D eigenvalue weighted by Gasteiger charge is -2.05. The lowest BCUT2D eigenvalue weighted by Crippen LogP contribution is -1.98. The van der Waals surface area contributed by atoms with Crippen LogP contribution >= 0.6 is 11.6 Å². The van der Waals surface area contributed by atoms with Crippen molar-refractivity contribution in [2.45, 2.75) is 6.54 Å². The topological polar surface area (TPSA) is 51.0 Å². The zero-order valence-corrected chi connectivity index (χ0v) is 10.2. The number of hydrogen-bond donors (Lipinski definition) is 1. The average Bonchev–Trinajstić information content (AvgIpc) is 2.82. The van der Waals surface area contributed by atoms with E-state index in [1.807, 2.05) is 24.3 Å². The van der Waals surface area contributed by atoms with Gasteiger partial charge < -0.3 is 9.73 Å². The molecule has 0 saturated heterocycles. The molecule has 0 aliphatic carbocycles. The summed E-state index contributed by atoms with van der Waals surface area (Å²) in [7, 11) is 0. The van der Waals surface area contributed by atoms with Crippen LogP contribution in [0.1, 0.15) is 5.76 Å². The van der Waals surface area contributed by atoms with Crippen molar-refractivity contribution < 1.29 is 4.42 Å². The lowest BCUT2D eigenvalue weighted by molar-refractivity contribution is 0.520. The maximum atomic E-state index is 5.71. The molecule has 0 bridgehead atoms. The molecular formula is C13H10ClN3O.